The van der Waals surface area contributed by atoms with Crippen LogP contribution < -0.4 is 5.32 Å². The maximum atomic E-state index is 12.5. The minimum absolute atomic E-state index is 0.107. The molecule has 0 aliphatic heterocycles. The smallest absolute Gasteiger partial charge is 0.429 e. The highest BCUT2D eigenvalue weighted by atomic mass is 79.9. The summed E-state index contributed by atoms with van der Waals surface area (Å²) in [6.07, 6.45) is 7.75. The summed E-state index contributed by atoms with van der Waals surface area (Å²) in [4.78, 5) is 12.5. The number of hydrogen-bond acceptors (Lipinski definition) is 4. The predicted molar refractivity (Wildman–Crippen MR) is 109 cm³/mol. The number of halogens is 1. The van der Waals surface area contributed by atoms with E-state index in [0.29, 0.717) is 19.7 Å². The first-order valence-electron chi connectivity index (χ1n) is 9.70. The van der Waals surface area contributed by atoms with Crippen LogP contribution in [0.3, 0.4) is 0 Å². The van der Waals surface area contributed by atoms with Gasteiger partial charge in [-0.25, -0.2) is 0 Å². The van der Waals surface area contributed by atoms with Crippen molar-refractivity contribution in [1.82, 2.24) is 5.32 Å². The molecule has 1 atom stereocenters. The molecule has 3 saturated carbocycles. The molecule has 147 valence electrons. The van der Waals surface area contributed by atoms with E-state index in [-0.39, 0.29) is 16.9 Å². The molecule has 27 heavy (non-hydrogen) atoms. The number of carbonyl (C=O) groups excluding carboxylic acids is 1. The first-order chi connectivity index (χ1) is 13.1. The Hall–Kier alpha value is -0.885. The van der Waals surface area contributed by atoms with Crippen molar-refractivity contribution in [3.63, 3.8) is 0 Å². The molecule has 1 aromatic carbocycles. The molecule has 0 aromatic heterocycles. The number of ether oxygens (including phenoxy) is 1. The largest absolute Gasteiger partial charge is 0.486 e. The van der Waals surface area contributed by atoms with Gasteiger partial charge in [-0.1, -0.05) is 28.1 Å². The van der Waals surface area contributed by atoms with Crippen molar-refractivity contribution in [2.45, 2.75) is 68.6 Å². The van der Waals surface area contributed by atoms with Crippen molar-refractivity contribution in [2.24, 2.45) is 0 Å². The monoisotopic (exact) mass is 436 g/mol. The van der Waals surface area contributed by atoms with Gasteiger partial charge in [-0.3, -0.25) is 4.79 Å². The summed E-state index contributed by atoms with van der Waals surface area (Å²) in [6.45, 7) is 0. The van der Waals surface area contributed by atoms with Crippen LogP contribution in [-0.4, -0.2) is 42.9 Å². The molecule has 7 heteroatoms. The van der Waals surface area contributed by atoms with Crippen molar-refractivity contribution in [1.29, 1.82) is 0 Å². The van der Waals surface area contributed by atoms with Gasteiger partial charge in [0.2, 0.25) is 0 Å². The van der Waals surface area contributed by atoms with E-state index in [1.165, 1.54) is 5.56 Å². The summed E-state index contributed by atoms with van der Waals surface area (Å²) in [5.74, 6) is -0.189. The van der Waals surface area contributed by atoms with Crippen LogP contribution in [0.1, 0.15) is 67.3 Å². The Bertz CT molecular complexity index is 615. The summed E-state index contributed by atoms with van der Waals surface area (Å²) in [7, 11) is 2.47. The Labute approximate surface area is 170 Å². The molecule has 0 heterocycles. The lowest BCUT2D eigenvalue weighted by molar-refractivity contribution is -0.0955. The fourth-order valence-corrected chi connectivity index (χ4v) is 4.93. The van der Waals surface area contributed by atoms with E-state index in [1.807, 2.05) is 19.2 Å². The number of fused-ring (bicyclic) bond motifs is 3. The van der Waals surface area contributed by atoms with Crippen LogP contribution >= 0.6 is 15.9 Å². The van der Waals surface area contributed by atoms with Gasteiger partial charge in [0, 0.05) is 18.0 Å². The summed E-state index contributed by atoms with van der Waals surface area (Å²) in [5.41, 5.74) is 2.29. The van der Waals surface area contributed by atoms with Gasteiger partial charge in [0.1, 0.15) is 6.23 Å². The standard InChI is InChI=1S/C20H28BBrNO4/c1-26-20-11-8-19(9-12-20,10-13-20)16-6-4-15(5-7-16)18(24)23-17(27-21-25)3-2-14-22/h4-7,17,25H,2-3,8-14H2,1H3,(H,23,24)/t17-,19?,20?/m1/s1. The van der Waals surface area contributed by atoms with Crippen molar-refractivity contribution < 1.29 is 19.2 Å². The molecule has 3 aliphatic carbocycles. The number of methoxy groups -OCH3 is 1. The zero-order chi connectivity index (χ0) is 19.3. The average molecular weight is 437 g/mol. The molecular formula is C20H28BBrNO4. The molecule has 3 fully saturated rings. The maximum Gasteiger partial charge on any atom is 0.486 e. The third-order valence-corrected chi connectivity index (χ3v) is 7.05. The SMILES string of the molecule is COC12CCC(c3ccc(C(=O)N[C@@H](CCCBr)O[B]O)cc3)(CC1)CC2. The topological polar surface area (TPSA) is 67.8 Å². The van der Waals surface area contributed by atoms with Gasteiger partial charge in [0.25, 0.3) is 5.91 Å². The highest BCUT2D eigenvalue weighted by Gasteiger charge is 2.49. The van der Waals surface area contributed by atoms with Crippen LogP contribution in [-0.2, 0) is 14.8 Å². The van der Waals surface area contributed by atoms with E-state index < -0.39 is 6.23 Å². The molecule has 1 radical (unpaired) electrons. The average Bonchev–Trinajstić information content (AvgIpc) is 2.73. The van der Waals surface area contributed by atoms with E-state index in [2.05, 4.69) is 33.4 Å². The van der Waals surface area contributed by atoms with Gasteiger partial charge in [-0.2, -0.15) is 0 Å². The number of benzene rings is 1. The number of alkyl halides is 1. The second-order valence-corrected chi connectivity index (χ2v) is 8.57. The van der Waals surface area contributed by atoms with Crippen LogP contribution in [0, 0.1) is 0 Å². The molecule has 0 saturated heterocycles. The Kier molecular flexibility index (Phi) is 7.00. The lowest BCUT2D eigenvalue weighted by Crippen LogP contribution is -2.49. The third-order valence-electron chi connectivity index (χ3n) is 6.49. The van der Waals surface area contributed by atoms with Crippen molar-refractivity contribution in [2.75, 3.05) is 12.4 Å². The molecule has 0 spiro atoms. The summed E-state index contributed by atoms with van der Waals surface area (Å²) in [5, 5.41) is 12.5. The number of amides is 1. The Morgan fingerprint density at radius 3 is 2.37 bits per heavy atom. The summed E-state index contributed by atoms with van der Waals surface area (Å²) < 4.78 is 10.9. The molecule has 1 aromatic rings. The van der Waals surface area contributed by atoms with Crippen molar-refractivity contribution in [3.8, 4) is 0 Å². The fourth-order valence-electron chi connectivity index (χ4n) is 4.61. The lowest BCUT2D eigenvalue weighted by atomic mass is 9.56. The highest BCUT2D eigenvalue weighted by Crippen LogP contribution is 2.54. The first-order valence-corrected chi connectivity index (χ1v) is 10.8. The second-order valence-electron chi connectivity index (χ2n) is 7.78. The second kappa shape index (κ2) is 9.08. The third kappa shape index (κ3) is 4.58. The molecule has 5 nitrogen and oxygen atoms in total. The molecule has 0 unspecified atom stereocenters. The normalized spacial score (nSPS) is 28.0. The van der Waals surface area contributed by atoms with Crippen LogP contribution in [0.5, 0.6) is 0 Å². The molecule has 3 aliphatic rings. The Morgan fingerprint density at radius 2 is 1.85 bits per heavy atom. The zero-order valence-electron chi connectivity index (χ0n) is 15.9. The van der Waals surface area contributed by atoms with Gasteiger partial charge in [0.15, 0.2) is 0 Å². The number of hydrogen-bond donors (Lipinski definition) is 2. The van der Waals surface area contributed by atoms with E-state index >= 15 is 0 Å². The molecule has 2 N–H and O–H groups in total. The van der Waals surface area contributed by atoms with E-state index in [0.717, 1.165) is 50.3 Å². The lowest BCUT2D eigenvalue weighted by Gasteiger charge is -2.53. The number of nitrogens with one attached hydrogen (secondary N) is 1. The van der Waals surface area contributed by atoms with E-state index in [4.69, 9.17) is 14.4 Å². The van der Waals surface area contributed by atoms with Crippen LogP contribution in [0.4, 0.5) is 0 Å². The number of carbonyl (C=O) groups is 1. The molecule has 1 amide bonds. The quantitative estimate of drug-likeness (QED) is 0.353. The maximum absolute atomic E-state index is 12.5. The summed E-state index contributed by atoms with van der Waals surface area (Å²) >= 11 is 3.36. The van der Waals surface area contributed by atoms with Crippen LogP contribution in [0.25, 0.3) is 0 Å². The minimum Gasteiger partial charge on any atom is -0.429 e. The van der Waals surface area contributed by atoms with Crippen LogP contribution in [0.2, 0.25) is 0 Å². The fraction of sp³-hybridized carbons (Fsp3) is 0.650. The minimum atomic E-state index is -0.530. The van der Waals surface area contributed by atoms with Crippen molar-refractivity contribution in [3.05, 3.63) is 35.4 Å². The number of rotatable bonds is 9. The summed E-state index contributed by atoms with van der Waals surface area (Å²) in [6, 6.07) is 8.01. The molecular weight excluding hydrogens is 409 g/mol. The van der Waals surface area contributed by atoms with Gasteiger partial charge < -0.3 is 19.7 Å². The van der Waals surface area contributed by atoms with Gasteiger partial charge >= 0.3 is 7.69 Å². The Balaban J connectivity index is 1.64. The predicted octanol–water partition coefficient (Wildman–Crippen LogP) is 3.45. The van der Waals surface area contributed by atoms with E-state index in [9.17, 15) is 4.79 Å². The highest BCUT2D eigenvalue weighted by molar-refractivity contribution is 9.09. The van der Waals surface area contributed by atoms with Gasteiger partial charge in [0.05, 0.1) is 5.60 Å². The van der Waals surface area contributed by atoms with Crippen molar-refractivity contribution >= 4 is 29.5 Å². The van der Waals surface area contributed by atoms with E-state index in [1.54, 1.807) is 0 Å². The Morgan fingerprint density at radius 1 is 1.22 bits per heavy atom. The molecule has 4 rings (SSSR count). The zero-order valence-corrected chi connectivity index (χ0v) is 17.5. The first kappa shape index (κ1) is 20.8. The van der Waals surface area contributed by atoms with Crippen LogP contribution in [0.15, 0.2) is 24.3 Å². The van der Waals surface area contributed by atoms with Gasteiger partial charge in [-0.15, -0.1) is 0 Å². The molecule has 2 bridgehead atoms. The van der Waals surface area contributed by atoms with Gasteiger partial charge in [-0.05, 0) is 74.5 Å².